The Kier molecular flexibility index (Phi) is 6.78. The van der Waals surface area contributed by atoms with Crippen molar-refractivity contribution >= 4 is 45.5 Å². The fourth-order valence-corrected chi connectivity index (χ4v) is 3.84. The third kappa shape index (κ3) is 5.70. The molecule has 6 N–H and O–H groups in total. The molecule has 1 aliphatic heterocycles. The van der Waals surface area contributed by atoms with E-state index >= 15 is 0 Å². The van der Waals surface area contributed by atoms with Crippen LogP contribution in [0.3, 0.4) is 0 Å². The number of carboxylic acid groups (broad SMARTS) is 2. The summed E-state index contributed by atoms with van der Waals surface area (Å²) in [7, 11) is -1.73. The van der Waals surface area contributed by atoms with E-state index in [1.165, 1.54) is 19.1 Å². The number of hydrogen-bond acceptors (Lipinski definition) is 10. The van der Waals surface area contributed by atoms with Crippen molar-refractivity contribution < 1.29 is 33.3 Å². The molecule has 1 saturated heterocycles. The van der Waals surface area contributed by atoms with E-state index in [4.69, 9.17) is 5.11 Å². The molecule has 2 aromatic rings. The molecule has 2 unspecified atom stereocenters. The molecule has 0 radical (unpaired) electrons. The predicted octanol–water partition coefficient (Wildman–Crippen LogP) is -0.368. The number of aromatic nitrogens is 3. The topological polar surface area (TPSA) is 204 Å². The lowest BCUT2D eigenvalue weighted by Gasteiger charge is -2.15. The zero-order valence-corrected chi connectivity index (χ0v) is 18.6. The van der Waals surface area contributed by atoms with E-state index in [-0.39, 0.29) is 58.0 Å². The summed E-state index contributed by atoms with van der Waals surface area (Å²) in [6.45, 7) is 1.85. The van der Waals surface area contributed by atoms with E-state index in [0.717, 1.165) is 6.07 Å². The SMILES string of the molecule is CCS(=O)(=O)NC1C[N+]1(C)c1nc(NCCO)nc(Nc2cc(C(=O)O)cc(C(=O)O)c2)n1. The van der Waals surface area contributed by atoms with Crippen molar-refractivity contribution in [2.24, 2.45) is 0 Å². The fraction of sp³-hybridized carbons (Fsp3) is 0.389. The number of benzene rings is 1. The average molecular weight is 482 g/mol. The number of nitrogens with one attached hydrogen (secondary N) is 3. The second-order valence-electron chi connectivity index (χ2n) is 7.45. The summed E-state index contributed by atoms with van der Waals surface area (Å²) in [6.07, 6.45) is -0.482. The number of carbonyl (C=O) groups is 2. The highest BCUT2D eigenvalue weighted by Gasteiger charge is 2.57. The molecule has 0 bridgehead atoms. The number of hydrogen-bond donors (Lipinski definition) is 6. The lowest BCUT2D eigenvalue weighted by Crippen LogP contribution is -2.38. The van der Waals surface area contributed by atoms with Crippen LogP contribution in [0.25, 0.3) is 0 Å². The van der Waals surface area contributed by atoms with E-state index in [1.807, 2.05) is 0 Å². The summed E-state index contributed by atoms with van der Waals surface area (Å²) in [4.78, 5) is 35.5. The molecule has 1 aromatic carbocycles. The maximum atomic E-state index is 11.9. The number of aromatic carboxylic acids is 2. The van der Waals surface area contributed by atoms with Crippen LogP contribution >= 0.6 is 0 Å². The first kappa shape index (κ1) is 24.2. The molecule has 3 rings (SSSR count). The zero-order valence-electron chi connectivity index (χ0n) is 17.8. The van der Waals surface area contributed by atoms with Crippen molar-refractivity contribution in [1.82, 2.24) is 24.2 Å². The number of sulfonamides is 1. The second-order valence-corrected chi connectivity index (χ2v) is 9.50. The van der Waals surface area contributed by atoms with Gasteiger partial charge in [-0.05, 0) is 25.1 Å². The molecular formula is C18H24N7O7S+. The molecule has 2 heterocycles. The van der Waals surface area contributed by atoms with Gasteiger partial charge in [0.2, 0.25) is 28.1 Å². The van der Waals surface area contributed by atoms with Gasteiger partial charge in [0.1, 0.15) is 0 Å². The van der Waals surface area contributed by atoms with Crippen LogP contribution in [-0.2, 0) is 10.0 Å². The summed E-state index contributed by atoms with van der Waals surface area (Å²) >= 11 is 0. The van der Waals surface area contributed by atoms with Crippen molar-refractivity contribution in [3.63, 3.8) is 0 Å². The summed E-state index contributed by atoms with van der Waals surface area (Å²) in [5, 5.41) is 33.2. The van der Waals surface area contributed by atoms with Gasteiger partial charge in [-0.2, -0.15) is 9.71 Å². The first-order valence-corrected chi connectivity index (χ1v) is 11.5. The number of likely N-dealkylation sites (N-methyl/N-ethyl adjacent to an activating group) is 1. The molecule has 0 amide bonds. The molecule has 0 saturated carbocycles. The quantitative estimate of drug-likeness (QED) is 0.179. The van der Waals surface area contributed by atoms with Gasteiger partial charge in [-0.3, -0.25) is 0 Å². The van der Waals surface area contributed by atoms with Crippen molar-refractivity contribution in [2.45, 2.75) is 13.1 Å². The van der Waals surface area contributed by atoms with E-state index in [1.54, 1.807) is 7.05 Å². The molecule has 1 fully saturated rings. The van der Waals surface area contributed by atoms with Crippen LogP contribution in [0.4, 0.5) is 23.5 Å². The van der Waals surface area contributed by atoms with Crippen molar-refractivity contribution in [3.05, 3.63) is 29.3 Å². The third-order valence-corrected chi connectivity index (χ3v) is 6.35. The Morgan fingerprint density at radius 2 is 1.70 bits per heavy atom. The van der Waals surface area contributed by atoms with Crippen molar-refractivity contribution in [1.29, 1.82) is 0 Å². The Labute approximate surface area is 189 Å². The first-order chi connectivity index (χ1) is 15.5. The Balaban J connectivity index is 1.96. The van der Waals surface area contributed by atoms with Crippen molar-refractivity contribution in [2.75, 3.05) is 43.1 Å². The molecule has 0 spiro atoms. The molecule has 15 heteroatoms. The molecule has 178 valence electrons. The number of aliphatic hydroxyl groups is 1. The molecule has 1 aliphatic rings. The standard InChI is InChI=1S/C18H23N7O7S/c1-3-33(31,32)24-13-9-25(13,2)18-22-16(19-4-5-26)21-17(23-18)20-12-7-10(14(27)28)6-11(8-12)15(29)30/h6-8,13,24,26H,3-5,9H2,1-2H3,(H3-,19,20,21,22,23,27,28,29,30)/p+1. The lowest BCUT2D eigenvalue weighted by atomic mass is 10.1. The number of aliphatic hydroxyl groups excluding tert-OH is 1. The minimum atomic E-state index is -3.46. The van der Waals surface area contributed by atoms with Gasteiger partial charge < -0.3 is 26.0 Å². The summed E-state index contributed by atoms with van der Waals surface area (Å²) in [5.74, 6) is -2.42. The zero-order chi connectivity index (χ0) is 24.4. The van der Waals surface area contributed by atoms with Gasteiger partial charge in [0, 0.05) is 12.2 Å². The molecule has 1 aromatic heterocycles. The minimum absolute atomic E-state index is 0.0253. The Bertz CT molecular complexity index is 1160. The number of quaternary nitrogens is 1. The Morgan fingerprint density at radius 1 is 1.09 bits per heavy atom. The molecule has 2 atom stereocenters. The maximum absolute atomic E-state index is 11.9. The van der Waals surface area contributed by atoms with Gasteiger partial charge in [0.25, 0.3) is 0 Å². The monoisotopic (exact) mass is 482 g/mol. The number of rotatable bonds is 11. The summed E-state index contributed by atoms with van der Waals surface area (Å²) in [5.41, 5.74) is -0.372. The van der Waals surface area contributed by atoms with E-state index < -0.39 is 28.1 Å². The van der Waals surface area contributed by atoms with Gasteiger partial charge in [-0.25, -0.2) is 22.5 Å². The van der Waals surface area contributed by atoms with Gasteiger partial charge in [0.15, 0.2) is 6.54 Å². The highest BCUT2D eigenvalue weighted by Crippen LogP contribution is 2.33. The average Bonchev–Trinajstić information content (AvgIpc) is 3.41. The number of nitrogens with zero attached hydrogens (tertiary/aromatic N) is 4. The first-order valence-electron chi connectivity index (χ1n) is 9.82. The van der Waals surface area contributed by atoms with E-state index in [9.17, 15) is 28.2 Å². The third-order valence-electron chi connectivity index (χ3n) is 4.96. The minimum Gasteiger partial charge on any atom is -0.478 e. The van der Waals surface area contributed by atoms with Gasteiger partial charge >= 0.3 is 17.9 Å². The maximum Gasteiger partial charge on any atom is 0.337 e. The Morgan fingerprint density at radius 3 is 2.24 bits per heavy atom. The normalized spacial score (nSPS) is 19.7. The van der Waals surface area contributed by atoms with E-state index in [0.29, 0.717) is 6.54 Å². The van der Waals surface area contributed by atoms with Crippen LogP contribution < -0.4 is 19.8 Å². The highest BCUT2D eigenvalue weighted by atomic mass is 32.2. The summed E-state index contributed by atoms with van der Waals surface area (Å²) in [6, 6.07) is 3.48. The molecule has 0 aliphatic carbocycles. The van der Waals surface area contributed by atoms with Crippen LogP contribution in [0.2, 0.25) is 0 Å². The van der Waals surface area contributed by atoms with Gasteiger partial charge in [-0.15, -0.1) is 9.97 Å². The molecule has 33 heavy (non-hydrogen) atoms. The van der Waals surface area contributed by atoms with Crippen LogP contribution in [0.1, 0.15) is 27.6 Å². The Hall–Kier alpha value is -3.40. The van der Waals surface area contributed by atoms with Crippen molar-refractivity contribution in [3.8, 4) is 0 Å². The van der Waals surface area contributed by atoms with Crippen LogP contribution in [0, 0.1) is 0 Å². The van der Waals surface area contributed by atoms with Crippen LogP contribution in [-0.4, -0.2) is 89.3 Å². The summed E-state index contributed by atoms with van der Waals surface area (Å²) < 4.78 is 26.5. The van der Waals surface area contributed by atoms with Gasteiger partial charge in [0.05, 0.1) is 30.5 Å². The largest absolute Gasteiger partial charge is 0.478 e. The van der Waals surface area contributed by atoms with E-state index in [2.05, 4.69) is 30.3 Å². The molecule has 14 nitrogen and oxygen atoms in total. The second kappa shape index (κ2) is 9.22. The smallest absolute Gasteiger partial charge is 0.337 e. The van der Waals surface area contributed by atoms with Crippen LogP contribution in [0.5, 0.6) is 0 Å². The highest BCUT2D eigenvalue weighted by molar-refractivity contribution is 7.89. The fourth-order valence-electron chi connectivity index (χ4n) is 2.95. The van der Waals surface area contributed by atoms with Crippen LogP contribution in [0.15, 0.2) is 18.2 Å². The van der Waals surface area contributed by atoms with Gasteiger partial charge in [-0.1, -0.05) is 0 Å². The lowest BCUT2D eigenvalue weighted by molar-refractivity contribution is 0.0696. The number of carboxylic acids is 2. The number of anilines is 3. The molecular weight excluding hydrogens is 458 g/mol. The predicted molar refractivity (Wildman–Crippen MR) is 118 cm³/mol.